The van der Waals surface area contributed by atoms with Gasteiger partial charge in [0.25, 0.3) is 5.91 Å². The molecule has 0 aromatic heterocycles. The van der Waals surface area contributed by atoms with Gasteiger partial charge in [-0.25, -0.2) is 4.79 Å². The van der Waals surface area contributed by atoms with Crippen molar-refractivity contribution in [3.63, 3.8) is 0 Å². The third-order valence-corrected chi connectivity index (χ3v) is 4.12. The number of hydrogen-bond acceptors (Lipinski definition) is 3. The van der Waals surface area contributed by atoms with Crippen LogP contribution in [-0.2, 0) is 21.9 Å². The van der Waals surface area contributed by atoms with Crippen LogP contribution < -0.4 is 0 Å². The minimum absolute atomic E-state index is 0.0434. The number of rotatable bonds is 4. The van der Waals surface area contributed by atoms with Gasteiger partial charge >= 0.3 is 18.3 Å². The van der Waals surface area contributed by atoms with Crippen molar-refractivity contribution in [3.8, 4) is 0 Å². The third-order valence-electron chi connectivity index (χ3n) is 4.12. The summed E-state index contributed by atoms with van der Waals surface area (Å²) in [5.74, 6) is -2.05. The van der Waals surface area contributed by atoms with E-state index in [9.17, 15) is 35.9 Å². The van der Waals surface area contributed by atoms with E-state index in [0.717, 1.165) is 4.90 Å². The number of alkyl halides is 6. The second kappa shape index (κ2) is 7.77. The van der Waals surface area contributed by atoms with Crippen molar-refractivity contribution in [2.24, 2.45) is 0 Å². The molecule has 27 heavy (non-hydrogen) atoms. The Hall–Kier alpha value is -2.26. The van der Waals surface area contributed by atoms with Gasteiger partial charge in [0.2, 0.25) is 0 Å². The van der Waals surface area contributed by atoms with Crippen LogP contribution in [0.1, 0.15) is 47.7 Å². The van der Waals surface area contributed by atoms with E-state index in [4.69, 9.17) is 4.74 Å². The van der Waals surface area contributed by atoms with E-state index in [0.29, 0.717) is 12.8 Å². The number of carbonyl (C=O) groups is 2. The van der Waals surface area contributed by atoms with Gasteiger partial charge in [0, 0.05) is 6.54 Å². The number of amides is 1. The lowest BCUT2D eigenvalue weighted by Gasteiger charge is -2.25. The van der Waals surface area contributed by atoms with Gasteiger partial charge < -0.3 is 9.64 Å². The van der Waals surface area contributed by atoms with Gasteiger partial charge in [0.15, 0.2) is 0 Å². The highest BCUT2D eigenvalue weighted by atomic mass is 19.4. The van der Waals surface area contributed by atoms with Crippen molar-refractivity contribution >= 4 is 11.9 Å². The number of ether oxygens (including phenoxy) is 1. The fourth-order valence-electron chi connectivity index (χ4n) is 2.85. The summed E-state index contributed by atoms with van der Waals surface area (Å²) in [7, 11) is 0. The lowest BCUT2D eigenvalue weighted by molar-refractivity contribution is -0.148. The molecule has 0 aliphatic carbocycles. The molecule has 1 saturated heterocycles. The summed E-state index contributed by atoms with van der Waals surface area (Å²) in [6.07, 6.45) is -8.92. The molecule has 150 valence electrons. The zero-order chi connectivity index (χ0) is 20.4. The second-order valence-electron chi connectivity index (χ2n) is 6.08. The van der Waals surface area contributed by atoms with Crippen molar-refractivity contribution in [2.45, 2.75) is 44.6 Å². The molecule has 1 aliphatic heterocycles. The largest absolute Gasteiger partial charge is 0.464 e. The highest BCUT2D eigenvalue weighted by molar-refractivity contribution is 5.98. The van der Waals surface area contributed by atoms with E-state index in [-0.39, 0.29) is 37.8 Å². The van der Waals surface area contributed by atoms with Gasteiger partial charge in [0.05, 0.1) is 23.3 Å². The number of hydrogen-bond donors (Lipinski definition) is 0. The Morgan fingerprint density at radius 2 is 1.81 bits per heavy atom. The highest BCUT2D eigenvalue weighted by Gasteiger charge is 2.42. The van der Waals surface area contributed by atoms with E-state index in [1.165, 1.54) is 0 Å². The molecule has 0 saturated carbocycles. The Kier molecular flexibility index (Phi) is 6.06. The summed E-state index contributed by atoms with van der Waals surface area (Å²) < 4.78 is 83.2. The molecule has 1 aromatic rings. The molecule has 1 aromatic carbocycles. The molecule has 0 N–H and O–H groups in total. The molecule has 10 heteroatoms. The topological polar surface area (TPSA) is 46.6 Å². The summed E-state index contributed by atoms with van der Waals surface area (Å²) in [5, 5.41) is 0. The molecule has 0 spiro atoms. The monoisotopic (exact) mass is 397 g/mol. The molecule has 0 bridgehead atoms. The number of benzene rings is 1. The summed E-state index contributed by atoms with van der Waals surface area (Å²) in [6, 6.07) is -0.426. The molecule has 1 unspecified atom stereocenters. The van der Waals surface area contributed by atoms with Gasteiger partial charge in [-0.1, -0.05) is 6.92 Å². The molecule has 0 radical (unpaired) electrons. The van der Waals surface area contributed by atoms with E-state index in [1.807, 2.05) is 0 Å². The van der Waals surface area contributed by atoms with Crippen molar-refractivity contribution in [1.82, 2.24) is 4.90 Å². The molecular formula is C17H17F6NO3. The Bertz CT molecular complexity index is 714. The van der Waals surface area contributed by atoms with E-state index >= 15 is 0 Å². The molecule has 1 fully saturated rings. The smallest absolute Gasteiger partial charge is 0.417 e. The van der Waals surface area contributed by atoms with Crippen LogP contribution in [0.2, 0.25) is 0 Å². The number of esters is 1. The summed E-state index contributed by atoms with van der Waals surface area (Å²) in [4.78, 5) is 25.5. The van der Waals surface area contributed by atoms with Crippen LogP contribution in [0.15, 0.2) is 18.2 Å². The van der Waals surface area contributed by atoms with Crippen LogP contribution in [0.25, 0.3) is 0 Å². The average molecular weight is 397 g/mol. The first-order valence-electron chi connectivity index (χ1n) is 8.23. The lowest BCUT2D eigenvalue weighted by atomic mass is 10.0. The van der Waals surface area contributed by atoms with Crippen molar-refractivity contribution in [3.05, 3.63) is 34.9 Å². The Balaban J connectivity index is 2.42. The average Bonchev–Trinajstić information content (AvgIpc) is 3.06. The van der Waals surface area contributed by atoms with E-state index < -0.39 is 47.0 Å². The van der Waals surface area contributed by atoms with Gasteiger partial charge in [-0.3, -0.25) is 4.79 Å². The minimum atomic E-state index is -5.02. The first kappa shape index (κ1) is 21.0. The maximum absolute atomic E-state index is 13.2. The Morgan fingerprint density at radius 3 is 2.37 bits per heavy atom. The quantitative estimate of drug-likeness (QED) is 0.563. The van der Waals surface area contributed by atoms with Crippen molar-refractivity contribution in [2.75, 3.05) is 13.2 Å². The Labute approximate surface area is 151 Å². The second-order valence-corrected chi connectivity index (χ2v) is 6.08. The fraction of sp³-hybridized carbons (Fsp3) is 0.529. The SMILES string of the molecule is CCCOC(=O)C1CCCN1C(=O)c1cc(C(F)(F)F)ccc1C(F)(F)F. The van der Waals surface area contributed by atoms with Crippen LogP contribution in [0.5, 0.6) is 0 Å². The summed E-state index contributed by atoms with van der Waals surface area (Å²) in [5.41, 5.74) is -3.98. The van der Waals surface area contributed by atoms with Gasteiger partial charge in [-0.15, -0.1) is 0 Å². The van der Waals surface area contributed by atoms with Crippen LogP contribution in [0.3, 0.4) is 0 Å². The first-order valence-corrected chi connectivity index (χ1v) is 8.23. The molecule has 1 heterocycles. The molecule has 2 rings (SSSR count). The van der Waals surface area contributed by atoms with Crippen LogP contribution in [0, 0.1) is 0 Å². The Morgan fingerprint density at radius 1 is 1.15 bits per heavy atom. The van der Waals surface area contributed by atoms with Gasteiger partial charge in [0.1, 0.15) is 6.04 Å². The zero-order valence-electron chi connectivity index (χ0n) is 14.3. The molecule has 4 nitrogen and oxygen atoms in total. The maximum atomic E-state index is 13.2. The molecule has 1 amide bonds. The van der Waals surface area contributed by atoms with Gasteiger partial charge in [-0.05, 0) is 37.5 Å². The minimum Gasteiger partial charge on any atom is -0.464 e. The normalized spacial score (nSPS) is 17.9. The number of carbonyl (C=O) groups excluding carboxylic acids is 2. The highest BCUT2D eigenvalue weighted by Crippen LogP contribution is 2.37. The molecule has 1 atom stereocenters. The molecule has 1 aliphatic rings. The van der Waals surface area contributed by atoms with Gasteiger partial charge in [-0.2, -0.15) is 26.3 Å². The zero-order valence-corrected chi connectivity index (χ0v) is 14.3. The van der Waals surface area contributed by atoms with Crippen molar-refractivity contribution in [1.29, 1.82) is 0 Å². The fourth-order valence-corrected chi connectivity index (χ4v) is 2.85. The van der Waals surface area contributed by atoms with Crippen molar-refractivity contribution < 1.29 is 40.7 Å². The van der Waals surface area contributed by atoms with Crippen LogP contribution >= 0.6 is 0 Å². The predicted molar refractivity (Wildman–Crippen MR) is 81.8 cm³/mol. The maximum Gasteiger partial charge on any atom is 0.417 e. The summed E-state index contributed by atoms with van der Waals surface area (Å²) >= 11 is 0. The summed E-state index contributed by atoms with van der Waals surface area (Å²) in [6.45, 7) is 1.77. The number of nitrogens with zero attached hydrogens (tertiary/aromatic N) is 1. The van der Waals surface area contributed by atoms with E-state index in [2.05, 4.69) is 0 Å². The number of halogens is 6. The standard InChI is InChI=1S/C17H17F6NO3/c1-2-8-27-15(26)13-4-3-7-24(13)14(25)11-9-10(16(18,19)20)5-6-12(11)17(21,22)23/h5-6,9,13H,2-4,7-8H2,1H3. The van der Waals surface area contributed by atoms with Crippen LogP contribution in [0.4, 0.5) is 26.3 Å². The number of likely N-dealkylation sites (tertiary alicyclic amines) is 1. The first-order chi connectivity index (χ1) is 12.5. The predicted octanol–water partition coefficient (Wildman–Crippen LogP) is 4.28. The molecular weight excluding hydrogens is 380 g/mol. The van der Waals surface area contributed by atoms with Crippen LogP contribution in [-0.4, -0.2) is 36.0 Å². The lowest BCUT2D eigenvalue weighted by Crippen LogP contribution is -2.42. The van der Waals surface area contributed by atoms with E-state index in [1.54, 1.807) is 6.92 Å². The third kappa shape index (κ3) is 4.72.